The zero-order valence-electron chi connectivity index (χ0n) is 13.8. The van der Waals surface area contributed by atoms with Gasteiger partial charge in [-0.15, -0.1) is 0 Å². The number of hydrogen-bond acceptors (Lipinski definition) is 5. The number of anilines is 1. The fraction of sp³-hybridized carbons (Fsp3) is 0.312. The van der Waals surface area contributed by atoms with E-state index in [-0.39, 0.29) is 30.1 Å². The van der Waals surface area contributed by atoms with Crippen molar-refractivity contribution in [3.05, 3.63) is 56.5 Å². The van der Waals surface area contributed by atoms with Crippen molar-refractivity contribution >= 4 is 17.1 Å². The van der Waals surface area contributed by atoms with Gasteiger partial charge in [-0.3, -0.25) is 18.9 Å². The van der Waals surface area contributed by atoms with Gasteiger partial charge in [0.25, 0.3) is 5.56 Å². The van der Waals surface area contributed by atoms with E-state index in [1.807, 2.05) is 0 Å². The maximum absolute atomic E-state index is 13.1. The minimum absolute atomic E-state index is 0.221. The fourth-order valence-corrected chi connectivity index (χ4v) is 2.53. The number of aryl methyl sites for hydroxylation is 1. The SMILES string of the molecule is CC(O)CNc1nc2c(c(=O)[nH]c(=O)n2C)n1Cc1ccc(F)cc1. The summed E-state index contributed by atoms with van der Waals surface area (Å²) >= 11 is 0. The number of aliphatic hydroxyl groups is 1. The van der Waals surface area contributed by atoms with Gasteiger partial charge in [0.15, 0.2) is 11.2 Å². The molecule has 1 aromatic carbocycles. The maximum Gasteiger partial charge on any atom is 0.329 e. The number of rotatable bonds is 5. The summed E-state index contributed by atoms with van der Waals surface area (Å²) < 4.78 is 16.0. The molecule has 25 heavy (non-hydrogen) atoms. The van der Waals surface area contributed by atoms with E-state index in [0.29, 0.717) is 5.95 Å². The summed E-state index contributed by atoms with van der Waals surface area (Å²) in [6.07, 6.45) is -0.624. The van der Waals surface area contributed by atoms with Gasteiger partial charge >= 0.3 is 5.69 Å². The second kappa shape index (κ2) is 6.52. The van der Waals surface area contributed by atoms with Crippen molar-refractivity contribution in [1.29, 1.82) is 0 Å². The molecule has 8 nitrogen and oxygen atoms in total. The van der Waals surface area contributed by atoms with E-state index in [1.54, 1.807) is 23.6 Å². The zero-order chi connectivity index (χ0) is 18.1. The first-order chi connectivity index (χ1) is 11.9. The lowest BCUT2D eigenvalue weighted by Crippen LogP contribution is -2.29. The number of aliphatic hydroxyl groups excluding tert-OH is 1. The maximum atomic E-state index is 13.1. The molecule has 1 unspecified atom stereocenters. The van der Waals surface area contributed by atoms with Crippen molar-refractivity contribution in [3.63, 3.8) is 0 Å². The smallest absolute Gasteiger partial charge is 0.329 e. The first kappa shape index (κ1) is 16.9. The average molecular weight is 347 g/mol. The highest BCUT2D eigenvalue weighted by atomic mass is 19.1. The van der Waals surface area contributed by atoms with Crippen molar-refractivity contribution in [2.45, 2.75) is 19.6 Å². The quantitative estimate of drug-likeness (QED) is 0.620. The largest absolute Gasteiger partial charge is 0.392 e. The molecule has 3 aromatic rings. The second-order valence-electron chi connectivity index (χ2n) is 5.87. The van der Waals surface area contributed by atoms with Crippen molar-refractivity contribution in [2.75, 3.05) is 11.9 Å². The van der Waals surface area contributed by atoms with E-state index in [2.05, 4.69) is 15.3 Å². The minimum atomic E-state index is -0.624. The Kier molecular flexibility index (Phi) is 4.41. The Hall–Kier alpha value is -2.94. The van der Waals surface area contributed by atoms with Gasteiger partial charge in [-0.1, -0.05) is 12.1 Å². The molecule has 9 heteroatoms. The molecular weight excluding hydrogens is 329 g/mol. The molecule has 0 bridgehead atoms. The van der Waals surface area contributed by atoms with Gasteiger partial charge in [0, 0.05) is 13.6 Å². The lowest BCUT2D eigenvalue weighted by Gasteiger charge is -2.11. The standard InChI is InChI=1S/C16H18FN5O3/c1-9(23)7-18-15-19-13-12(14(24)20-16(25)21(13)2)22(15)8-10-3-5-11(17)6-4-10/h3-6,9,23H,7-8H2,1-2H3,(H,18,19)(H,20,24,25). The molecule has 0 amide bonds. The Morgan fingerprint density at radius 2 is 2.00 bits per heavy atom. The second-order valence-corrected chi connectivity index (χ2v) is 5.87. The van der Waals surface area contributed by atoms with Gasteiger partial charge in [-0.2, -0.15) is 4.98 Å². The lowest BCUT2D eigenvalue weighted by molar-refractivity contribution is 0.208. The van der Waals surface area contributed by atoms with Crippen LogP contribution in [0.5, 0.6) is 0 Å². The summed E-state index contributed by atoms with van der Waals surface area (Å²) in [5.74, 6) is -0.0149. The number of aromatic amines is 1. The summed E-state index contributed by atoms with van der Waals surface area (Å²) in [5.41, 5.74) is 0.0846. The van der Waals surface area contributed by atoms with E-state index in [4.69, 9.17) is 0 Å². The molecule has 0 spiro atoms. The van der Waals surface area contributed by atoms with E-state index in [1.165, 1.54) is 23.7 Å². The highest BCUT2D eigenvalue weighted by molar-refractivity contribution is 5.74. The molecule has 0 saturated heterocycles. The molecule has 0 aliphatic rings. The van der Waals surface area contributed by atoms with Crippen LogP contribution >= 0.6 is 0 Å². The Labute approximate surface area is 141 Å². The van der Waals surface area contributed by atoms with Crippen LogP contribution in [0.15, 0.2) is 33.9 Å². The Balaban J connectivity index is 2.16. The first-order valence-electron chi connectivity index (χ1n) is 7.72. The molecule has 0 aliphatic heterocycles. The van der Waals surface area contributed by atoms with Gasteiger partial charge in [0.1, 0.15) is 5.82 Å². The number of aromatic nitrogens is 4. The molecule has 0 aliphatic carbocycles. The van der Waals surface area contributed by atoms with E-state index >= 15 is 0 Å². The molecule has 0 fully saturated rings. The first-order valence-corrected chi connectivity index (χ1v) is 7.72. The monoisotopic (exact) mass is 347 g/mol. The zero-order valence-corrected chi connectivity index (χ0v) is 13.8. The molecule has 3 rings (SSSR count). The van der Waals surface area contributed by atoms with Crippen LogP contribution in [0.1, 0.15) is 12.5 Å². The molecule has 132 valence electrons. The summed E-state index contributed by atoms with van der Waals surface area (Å²) in [4.78, 5) is 30.7. The molecular formula is C16H18FN5O3. The highest BCUT2D eigenvalue weighted by Crippen LogP contribution is 2.18. The van der Waals surface area contributed by atoms with E-state index < -0.39 is 17.4 Å². The Bertz CT molecular complexity index is 1020. The van der Waals surface area contributed by atoms with Crippen LogP contribution in [0.25, 0.3) is 11.2 Å². The van der Waals surface area contributed by atoms with Crippen LogP contribution in [-0.4, -0.2) is 36.9 Å². The number of benzene rings is 1. The number of hydrogen-bond donors (Lipinski definition) is 3. The van der Waals surface area contributed by atoms with E-state index in [9.17, 15) is 19.1 Å². The fourth-order valence-electron chi connectivity index (χ4n) is 2.53. The summed E-state index contributed by atoms with van der Waals surface area (Å²) in [7, 11) is 1.51. The Morgan fingerprint density at radius 3 is 2.64 bits per heavy atom. The van der Waals surface area contributed by atoms with Crippen LogP contribution in [-0.2, 0) is 13.6 Å². The summed E-state index contributed by atoms with van der Waals surface area (Å²) in [5, 5.41) is 12.5. The lowest BCUT2D eigenvalue weighted by atomic mass is 10.2. The minimum Gasteiger partial charge on any atom is -0.392 e. The van der Waals surface area contributed by atoms with Crippen LogP contribution in [0.3, 0.4) is 0 Å². The number of halogens is 1. The number of H-pyrrole nitrogens is 1. The number of imidazole rings is 1. The Morgan fingerprint density at radius 1 is 1.32 bits per heavy atom. The van der Waals surface area contributed by atoms with Gasteiger partial charge in [0.2, 0.25) is 5.95 Å². The van der Waals surface area contributed by atoms with Gasteiger partial charge < -0.3 is 10.4 Å². The third-order valence-electron chi connectivity index (χ3n) is 3.82. The van der Waals surface area contributed by atoms with Crippen molar-refractivity contribution < 1.29 is 9.50 Å². The summed E-state index contributed by atoms with van der Waals surface area (Å²) in [6, 6.07) is 5.88. The molecule has 2 aromatic heterocycles. The van der Waals surface area contributed by atoms with Crippen LogP contribution in [0.4, 0.5) is 10.3 Å². The topological polar surface area (TPSA) is 105 Å². The van der Waals surface area contributed by atoms with Gasteiger partial charge in [-0.25, -0.2) is 9.18 Å². The van der Waals surface area contributed by atoms with Crippen molar-refractivity contribution in [2.24, 2.45) is 7.05 Å². The van der Waals surface area contributed by atoms with Gasteiger partial charge in [-0.05, 0) is 24.6 Å². The molecule has 1 atom stereocenters. The molecule has 3 N–H and O–H groups in total. The third-order valence-corrected chi connectivity index (χ3v) is 3.82. The number of nitrogens with one attached hydrogen (secondary N) is 2. The molecule has 2 heterocycles. The predicted molar refractivity (Wildman–Crippen MR) is 91.3 cm³/mol. The molecule has 0 radical (unpaired) electrons. The summed E-state index contributed by atoms with van der Waals surface area (Å²) in [6.45, 7) is 2.08. The van der Waals surface area contributed by atoms with Crippen LogP contribution in [0.2, 0.25) is 0 Å². The van der Waals surface area contributed by atoms with Crippen molar-refractivity contribution in [3.8, 4) is 0 Å². The highest BCUT2D eigenvalue weighted by Gasteiger charge is 2.17. The number of fused-ring (bicyclic) bond motifs is 1. The molecule has 0 saturated carbocycles. The van der Waals surface area contributed by atoms with Crippen molar-refractivity contribution in [1.82, 2.24) is 19.1 Å². The number of nitrogens with zero attached hydrogens (tertiary/aromatic N) is 3. The normalized spacial score (nSPS) is 12.5. The predicted octanol–water partition coefficient (Wildman–Crippen LogP) is 0.403. The third kappa shape index (κ3) is 3.31. The van der Waals surface area contributed by atoms with E-state index in [0.717, 1.165) is 5.56 Å². The van der Waals surface area contributed by atoms with Gasteiger partial charge in [0.05, 0.1) is 12.6 Å². The van der Waals surface area contributed by atoms with Crippen LogP contribution < -0.4 is 16.6 Å². The van der Waals surface area contributed by atoms with Crippen LogP contribution in [0, 0.1) is 5.82 Å². The average Bonchev–Trinajstić information content (AvgIpc) is 2.92.